The van der Waals surface area contributed by atoms with Crippen molar-refractivity contribution in [3.63, 3.8) is 0 Å². The van der Waals surface area contributed by atoms with Gasteiger partial charge in [0.15, 0.2) is 0 Å². The number of ether oxygens (including phenoxy) is 1. The SMILES string of the molecule is CC1CN(c2cc(=O)[nH]c(N3C[C@H]4C[C@H]4[C@H]3Cc3ccccc3)n2)CCO1. The van der Waals surface area contributed by atoms with Crippen molar-refractivity contribution in [2.24, 2.45) is 11.8 Å². The highest BCUT2D eigenvalue weighted by atomic mass is 16.5. The lowest BCUT2D eigenvalue weighted by atomic mass is 10.0. The van der Waals surface area contributed by atoms with E-state index in [0.717, 1.165) is 49.7 Å². The maximum atomic E-state index is 12.4. The molecule has 0 bridgehead atoms. The number of benzene rings is 1. The summed E-state index contributed by atoms with van der Waals surface area (Å²) in [5, 5.41) is 0. The van der Waals surface area contributed by atoms with Crippen molar-refractivity contribution < 1.29 is 4.74 Å². The Morgan fingerprint density at radius 3 is 2.93 bits per heavy atom. The first-order valence-electron chi connectivity index (χ1n) is 9.96. The molecule has 0 spiro atoms. The predicted octanol–water partition coefficient (Wildman–Crippen LogP) is 2.06. The summed E-state index contributed by atoms with van der Waals surface area (Å²) in [5.41, 5.74) is 1.27. The number of aromatic amines is 1. The fourth-order valence-corrected chi connectivity index (χ4v) is 4.69. The van der Waals surface area contributed by atoms with Crippen molar-refractivity contribution in [2.75, 3.05) is 36.0 Å². The average molecular weight is 366 g/mol. The van der Waals surface area contributed by atoms with Gasteiger partial charge >= 0.3 is 0 Å². The van der Waals surface area contributed by atoms with Crippen LogP contribution in [0.5, 0.6) is 0 Å². The minimum Gasteiger partial charge on any atom is -0.375 e. The third-order valence-corrected chi connectivity index (χ3v) is 6.14. The first-order chi connectivity index (χ1) is 13.2. The summed E-state index contributed by atoms with van der Waals surface area (Å²) < 4.78 is 5.63. The Morgan fingerprint density at radius 1 is 1.26 bits per heavy atom. The Balaban J connectivity index is 1.42. The topological polar surface area (TPSA) is 61.5 Å². The number of fused-ring (bicyclic) bond motifs is 1. The fourth-order valence-electron chi connectivity index (χ4n) is 4.69. The van der Waals surface area contributed by atoms with Crippen molar-refractivity contribution in [3.8, 4) is 0 Å². The van der Waals surface area contributed by atoms with Crippen LogP contribution in [0.25, 0.3) is 0 Å². The van der Waals surface area contributed by atoms with E-state index in [1.807, 2.05) is 0 Å². The number of hydrogen-bond donors (Lipinski definition) is 1. The van der Waals surface area contributed by atoms with E-state index in [1.54, 1.807) is 6.07 Å². The molecule has 1 N–H and O–H groups in total. The molecule has 2 aromatic rings. The molecule has 3 fully saturated rings. The lowest BCUT2D eigenvalue weighted by Gasteiger charge is -2.33. The molecule has 2 aliphatic heterocycles. The van der Waals surface area contributed by atoms with Gasteiger partial charge in [0.1, 0.15) is 5.82 Å². The molecule has 1 unspecified atom stereocenters. The Hall–Kier alpha value is -2.34. The number of morpholine rings is 1. The standard InChI is InChI=1S/C21H26N4O2/c1-14-12-24(7-8-27-14)19-11-20(26)23-21(22-19)25-13-16-10-17(16)18(25)9-15-5-3-2-4-6-15/h2-6,11,14,16-18H,7-10,12-13H2,1H3,(H,22,23,26)/t14?,16-,17-,18-/m1/s1. The Kier molecular flexibility index (Phi) is 4.16. The van der Waals surface area contributed by atoms with Crippen LogP contribution in [0.15, 0.2) is 41.2 Å². The van der Waals surface area contributed by atoms with E-state index in [0.29, 0.717) is 12.6 Å². The lowest BCUT2D eigenvalue weighted by Crippen LogP contribution is -2.43. The van der Waals surface area contributed by atoms with E-state index >= 15 is 0 Å². The van der Waals surface area contributed by atoms with E-state index in [1.165, 1.54) is 12.0 Å². The smallest absolute Gasteiger partial charge is 0.254 e. The molecule has 0 amide bonds. The second-order valence-electron chi connectivity index (χ2n) is 8.12. The molecule has 1 saturated carbocycles. The number of piperidine rings is 1. The van der Waals surface area contributed by atoms with Gasteiger partial charge in [0.2, 0.25) is 5.95 Å². The van der Waals surface area contributed by atoms with E-state index in [-0.39, 0.29) is 11.7 Å². The van der Waals surface area contributed by atoms with Gasteiger partial charge in [0.05, 0.1) is 12.7 Å². The predicted molar refractivity (Wildman–Crippen MR) is 105 cm³/mol. The number of nitrogens with zero attached hydrogens (tertiary/aromatic N) is 3. The molecular formula is C21H26N4O2. The normalized spacial score (nSPS) is 29.7. The summed E-state index contributed by atoms with van der Waals surface area (Å²) in [5.74, 6) is 2.96. The Morgan fingerprint density at radius 2 is 2.11 bits per heavy atom. The highest BCUT2D eigenvalue weighted by molar-refractivity contribution is 5.47. The number of aromatic nitrogens is 2. The molecule has 6 heteroatoms. The van der Waals surface area contributed by atoms with E-state index in [4.69, 9.17) is 9.72 Å². The number of anilines is 2. The van der Waals surface area contributed by atoms with Crippen molar-refractivity contribution in [1.29, 1.82) is 0 Å². The van der Waals surface area contributed by atoms with Crippen molar-refractivity contribution >= 4 is 11.8 Å². The number of hydrogen-bond acceptors (Lipinski definition) is 5. The van der Waals surface area contributed by atoms with Crippen LogP contribution < -0.4 is 15.4 Å². The fraction of sp³-hybridized carbons (Fsp3) is 0.524. The number of nitrogens with one attached hydrogen (secondary N) is 1. The highest BCUT2D eigenvalue weighted by Gasteiger charge is 2.52. The van der Waals surface area contributed by atoms with E-state index < -0.39 is 0 Å². The summed E-state index contributed by atoms with van der Waals surface area (Å²) in [6, 6.07) is 12.7. The highest BCUT2D eigenvalue weighted by Crippen LogP contribution is 2.51. The van der Waals surface area contributed by atoms with Crippen LogP contribution in [0.4, 0.5) is 11.8 Å². The second-order valence-corrected chi connectivity index (χ2v) is 8.12. The Labute approximate surface area is 159 Å². The average Bonchev–Trinajstić information content (AvgIpc) is 3.36. The maximum Gasteiger partial charge on any atom is 0.254 e. The minimum absolute atomic E-state index is 0.0758. The van der Waals surface area contributed by atoms with Crippen molar-refractivity contribution in [2.45, 2.75) is 31.9 Å². The van der Waals surface area contributed by atoms with E-state index in [2.05, 4.69) is 52.0 Å². The quantitative estimate of drug-likeness (QED) is 0.898. The molecule has 4 atom stereocenters. The van der Waals surface area contributed by atoms with Crippen LogP contribution in [0.1, 0.15) is 18.9 Å². The molecule has 27 heavy (non-hydrogen) atoms. The van der Waals surface area contributed by atoms with Gasteiger partial charge in [-0.15, -0.1) is 0 Å². The van der Waals surface area contributed by atoms with Crippen LogP contribution in [0.2, 0.25) is 0 Å². The second kappa shape index (κ2) is 6.68. The zero-order valence-electron chi connectivity index (χ0n) is 15.7. The zero-order valence-corrected chi connectivity index (χ0v) is 15.7. The summed E-state index contributed by atoms with van der Waals surface area (Å²) >= 11 is 0. The summed E-state index contributed by atoms with van der Waals surface area (Å²) in [6.07, 6.45) is 2.47. The van der Waals surface area contributed by atoms with Gasteiger partial charge in [-0.2, -0.15) is 4.98 Å². The summed E-state index contributed by atoms with van der Waals surface area (Å²) in [7, 11) is 0. The van der Waals surface area contributed by atoms with Gasteiger partial charge in [0.25, 0.3) is 5.56 Å². The first-order valence-corrected chi connectivity index (χ1v) is 9.96. The monoisotopic (exact) mass is 366 g/mol. The van der Waals surface area contributed by atoms with Crippen LogP contribution >= 0.6 is 0 Å². The van der Waals surface area contributed by atoms with E-state index in [9.17, 15) is 4.79 Å². The largest absolute Gasteiger partial charge is 0.375 e. The van der Waals surface area contributed by atoms with Gasteiger partial charge in [-0.3, -0.25) is 9.78 Å². The van der Waals surface area contributed by atoms with Crippen molar-refractivity contribution in [3.05, 3.63) is 52.3 Å². The molecule has 0 radical (unpaired) electrons. The molecule has 2 saturated heterocycles. The lowest BCUT2D eigenvalue weighted by molar-refractivity contribution is 0.0529. The summed E-state index contributed by atoms with van der Waals surface area (Å²) in [6.45, 7) is 5.28. The van der Waals surface area contributed by atoms with Gasteiger partial charge < -0.3 is 14.5 Å². The molecular weight excluding hydrogens is 340 g/mol. The van der Waals surface area contributed by atoms with Crippen LogP contribution in [-0.2, 0) is 11.2 Å². The third kappa shape index (κ3) is 3.34. The molecule has 1 aromatic heterocycles. The maximum absolute atomic E-state index is 12.4. The van der Waals surface area contributed by atoms with Gasteiger partial charge in [-0.25, -0.2) is 0 Å². The van der Waals surface area contributed by atoms with Gasteiger partial charge in [-0.05, 0) is 37.2 Å². The number of rotatable bonds is 4. The zero-order chi connectivity index (χ0) is 18.4. The molecule has 3 heterocycles. The molecule has 5 rings (SSSR count). The minimum atomic E-state index is -0.0758. The summed E-state index contributed by atoms with van der Waals surface area (Å²) in [4.78, 5) is 24.7. The van der Waals surface area contributed by atoms with Crippen LogP contribution in [0.3, 0.4) is 0 Å². The molecule has 3 aliphatic rings. The molecule has 1 aromatic carbocycles. The first kappa shape index (κ1) is 16.8. The van der Waals surface area contributed by atoms with Crippen LogP contribution in [-0.4, -0.2) is 48.4 Å². The van der Waals surface area contributed by atoms with Gasteiger partial charge in [0, 0.05) is 31.7 Å². The molecule has 142 valence electrons. The van der Waals surface area contributed by atoms with Crippen molar-refractivity contribution in [1.82, 2.24) is 9.97 Å². The third-order valence-electron chi connectivity index (χ3n) is 6.14. The Bertz CT molecular complexity index is 868. The molecule has 6 nitrogen and oxygen atoms in total. The van der Waals surface area contributed by atoms with Crippen LogP contribution in [0, 0.1) is 11.8 Å². The number of H-pyrrole nitrogens is 1. The molecule has 1 aliphatic carbocycles. The van der Waals surface area contributed by atoms with Gasteiger partial charge in [-0.1, -0.05) is 30.3 Å².